The van der Waals surface area contributed by atoms with E-state index in [2.05, 4.69) is 5.32 Å². The molecule has 0 bridgehead atoms. The summed E-state index contributed by atoms with van der Waals surface area (Å²) in [5, 5.41) is 4.66. The minimum absolute atomic E-state index is 0.209. The second-order valence-corrected chi connectivity index (χ2v) is 6.53. The van der Waals surface area contributed by atoms with Crippen LogP contribution in [0.1, 0.15) is 11.3 Å². The van der Waals surface area contributed by atoms with Crippen molar-refractivity contribution in [2.45, 2.75) is 13.5 Å². The number of rotatable bonds is 7. The van der Waals surface area contributed by atoms with Crippen molar-refractivity contribution >= 4 is 11.6 Å². The summed E-state index contributed by atoms with van der Waals surface area (Å²) in [6, 6.07) is 17.1. The molecular weight excluding hydrogens is 356 g/mol. The van der Waals surface area contributed by atoms with Gasteiger partial charge in [0.1, 0.15) is 18.0 Å². The molecule has 7 nitrogen and oxygen atoms in total. The van der Waals surface area contributed by atoms with E-state index < -0.39 is 0 Å². The summed E-state index contributed by atoms with van der Waals surface area (Å²) in [5.74, 6) is 0.593. The largest absolute Gasteiger partial charge is 0.497 e. The van der Waals surface area contributed by atoms with E-state index in [0.717, 1.165) is 17.0 Å². The number of nitrogens with zero attached hydrogens (tertiary/aromatic N) is 2. The van der Waals surface area contributed by atoms with E-state index in [-0.39, 0.29) is 18.0 Å². The molecule has 0 spiro atoms. The quantitative estimate of drug-likeness (QED) is 0.645. The average Bonchev–Trinajstić information content (AvgIpc) is 2.92. The van der Waals surface area contributed by atoms with Crippen molar-refractivity contribution in [3.63, 3.8) is 0 Å². The van der Waals surface area contributed by atoms with Crippen LogP contribution < -0.4 is 20.9 Å². The molecule has 0 unspecified atom stereocenters. The molecule has 7 heteroatoms. The number of aromatic nitrogens is 2. The zero-order valence-electron chi connectivity index (χ0n) is 16.3. The fraction of sp³-hybridized carbons (Fsp3) is 0.238. The predicted molar refractivity (Wildman–Crippen MR) is 108 cm³/mol. The standard InChI is InChI=1S/C21H24N4O3/c1-15-20(21(27)25(24(15)2)17-7-5-4-6-8-17)23-19(26)14-22-13-16-9-11-18(28-3)12-10-16/h4-12,22H,13-14H2,1-3H3,(H,23,26)/p+1. The second-order valence-electron chi connectivity index (χ2n) is 6.53. The number of anilines is 1. The van der Waals surface area contributed by atoms with Gasteiger partial charge in [-0.15, -0.1) is 0 Å². The molecule has 1 amide bonds. The summed E-state index contributed by atoms with van der Waals surface area (Å²) in [6.07, 6.45) is 0. The summed E-state index contributed by atoms with van der Waals surface area (Å²) in [5.41, 5.74) is 2.63. The number of hydrogen-bond donors (Lipinski definition) is 2. The topological polar surface area (TPSA) is 81.9 Å². The lowest BCUT2D eigenvalue weighted by Gasteiger charge is -2.07. The van der Waals surface area contributed by atoms with Crippen molar-refractivity contribution in [3.05, 3.63) is 76.2 Å². The summed E-state index contributed by atoms with van der Waals surface area (Å²) >= 11 is 0. The number of methoxy groups -OCH3 is 1. The molecule has 0 aliphatic carbocycles. The fourth-order valence-corrected chi connectivity index (χ4v) is 3.03. The minimum atomic E-state index is -0.241. The highest BCUT2D eigenvalue weighted by Gasteiger charge is 2.18. The van der Waals surface area contributed by atoms with Crippen LogP contribution >= 0.6 is 0 Å². The van der Waals surface area contributed by atoms with Gasteiger partial charge in [-0.05, 0) is 43.3 Å². The predicted octanol–water partition coefficient (Wildman–Crippen LogP) is 1.20. The Bertz CT molecular complexity index is 1000. The molecule has 1 heterocycles. The van der Waals surface area contributed by atoms with Gasteiger partial charge in [-0.1, -0.05) is 18.2 Å². The molecule has 28 heavy (non-hydrogen) atoms. The van der Waals surface area contributed by atoms with E-state index in [1.54, 1.807) is 23.5 Å². The summed E-state index contributed by atoms with van der Waals surface area (Å²) in [4.78, 5) is 25.2. The van der Waals surface area contributed by atoms with E-state index in [9.17, 15) is 9.59 Å². The molecule has 1 aromatic heterocycles. The molecule has 0 aliphatic heterocycles. The maximum atomic E-state index is 12.8. The number of quaternary nitrogens is 1. The van der Waals surface area contributed by atoms with Crippen LogP contribution in [0.3, 0.4) is 0 Å². The van der Waals surface area contributed by atoms with Gasteiger partial charge >= 0.3 is 0 Å². The van der Waals surface area contributed by atoms with E-state index in [1.165, 1.54) is 0 Å². The first kappa shape index (κ1) is 19.4. The van der Waals surface area contributed by atoms with Gasteiger partial charge in [0.25, 0.3) is 11.5 Å². The van der Waals surface area contributed by atoms with Gasteiger partial charge in [-0.2, -0.15) is 0 Å². The van der Waals surface area contributed by atoms with Gasteiger partial charge in [-0.25, -0.2) is 4.68 Å². The van der Waals surface area contributed by atoms with Gasteiger partial charge in [0.2, 0.25) is 0 Å². The van der Waals surface area contributed by atoms with Gasteiger partial charge in [0.05, 0.1) is 18.5 Å². The van der Waals surface area contributed by atoms with Gasteiger partial charge in [-0.3, -0.25) is 14.3 Å². The molecule has 3 rings (SSSR count). The number of benzene rings is 2. The smallest absolute Gasteiger partial charge is 0.295 e. The third-order valence-electron chi connectivity index (χ3n) is 4.69. The highest BCUT2D eigenvalue weighted by atomic mass is 16.5. The Kier molecular flexibility index (Phi) is 5.96. The van der Waals surface area contributed by atoms with Crippen LogP contribution in [-0.4, -0.2) is 28.9 Å². The van der Waals surface area contributed by atoms with Gasteiger partial charge in [0.15, 0.2) is 6.54 Å². The van der Waals surface area contributed by atoms with Crippen molar-refractivity contribution in [3.8, 4) is 11.4 Å². The Labute approximate surface area is 163 Å². The number of ether oxygens (including phenoxy) is 1. The molecular formula is C21H25N4O3+. The molecule has 0 saturated carbocycles. The highest BCUT2D eigenvalue weighted by Crippen LogP contribution is 2.13. The molecule has 0 radical (unpaired) electrons. The molecule has 0 fully saturated rings. The van der Waals surface area contributed by atoms with Crippen molar-refractivity contribution < 1.29 is 14.8 Å². The Morgan fingerprint density at radius 3 is 2.43 bits per heavy atom. The molecule has 2 aromatic carbocycles. The second kappa shape index (κ2) is 8.58. The number of carbonyl (C=O) groups excluding carboxylic acids is 1. The van der Waals surface area contributed by atoms with Crippen molar-refractivity contribution in [2.75, 3.05) is 19.0 Å². The molecule has 0 atom stereocenters. The lowest BCUT2D eigenvalue weighted by atomic mass is 10.2. The van der Waals surface area contributed by atoms with Crippen molar-refractivity contribution in [1.82, 2.24) is 9.36 Å². The molecule has 0 saturated heterocycles. The number of nitrogens with one attached hydrogen (secondary N) is 1. The molecule has 0 aliphatic rings. The lowest BCUT2D eigenvalue weighted by molar-refractivity contribution is -0.659. The van der Waals surface area contributed by atoms with Crippen LogP contribution in [0.25, 0.3) is 5.69 Å². The number of hydrogen-bond acceptors (Lipinski definition) is 3. The van der Waals surface area contributed by atoms with E-state index in [0.29, 0.717) is 17.9 Å². The Morgan fingerprint density at radius 2 is 1.79 bits per heavy atom. The maximum absolute atomic E-state index is 12.8. The third-order valence-corrected chi connectivity index (χ3v) is 4.69. The van der Waals surface area contributed by atoms with Gasteiger partial charge in [0, 0.05) is 12.6 Å². The van der Waals surface area contributed by atoms with Crippen LogP contribution in [0.2, 0.25) is 0 Å². The number of carbonyl (C=O) groups is 1. The monoisotopic (exact) mass is 381 g/mol. The van der Waals surface area contributed by atoms with Gasteiger partial charge < -0.3 is 15.4 Å². The third kappa shape index (κ3) is 4.15. The molecule has 3 N–H and O–H groups in total. The minimum Gasteiger partial charge on any atom is -0.497 e. The number of amides is 1. The number of nitrogens with two attached hydrogens (primary N) is 1. The fourth-order valence-electron chi connectivity index (χ4n) is 3.03. The summed E-state index contributed by atoms with van der Waals surface area (Å²) < 4.78 is 8.43. The van der Waals surface area contributed by atoms with Crippen LogP contribution in [0.4, 0.5) is 5.69 Å². The maximum Gasteiger partial charge on any atom is 0.295 e. The average molecular weight is 381 g/mol. The van der Waals surface area contributed by atoms with E-state index >= 15 is 0 Å². The summed E-state index contributed by atoms with van der Waals surface area (Å²) in [6.45, 7) is 2.71. The lowest BCUT2D eigenvalue weighted by Crippen LogP contribution is -2.84. The SMILES string of the molecule is COc1ccc(C[NH2+]CC(=O)Nc2c(C)n(C)n(-c3ccccc3)c2=O)cc1. The first-order valence-corrected chi connectivity index (χ1v) is 9.09. The van der Waals surface area contributed by atoms with Crippen LogP contribution in [0.5, 0.6) is 5.75 Å². The Hall–Kier alpha value is -3.32. The normalized spacial score (nSPS) is 10.7. The molecule has 146 valence electrons. The van der Waals surface area contributed by atoms with Crippen LogP contribution in [0.15, 0.2) is 59.4 Å². The van der Waals surface area contributed by atoms with Crippen LogP contribution in [-0.2, 0) is 18.4 Å². The Morgan fingerprint density at radius 1 is 1.11 bits per heavy atom. The highest BCUT2D eigenvalue weighted by molar-refractivity contribution is 5.91. The zero-order valence-corrected chi connectivity index (χ0v) is 16.3. The molecule has 3 aromatic rings. The first-order chi connectivity index (χ1) is 13.5. The number of para-hydroxylation sites is 1. The zero-order chi connectivity index (χ0) is 20.1. The van der Waals surface area contributed by atoms with Crippen LogP contribution in [0, 0.1) is 6.92 Å². The van der Waals surface area contributed by atoms with Crippen molar-refractivity contribution in [2.24, 2.45) is 7.05 Å². The first-order valence-electron chi connectivity index (χ1n) is 9.09. The van der Waals surface area contributed by atoms with E-state index in [1.807, 2.05) is 66.8 Å². The summed E-state index contributed by atoms with van der Waals surface area (Å²) in [7, 11) is 3.43. The van der Waals surface area contributed by atoms with E-state index in [4.69, 9.17) is 4.74 Å². The van der Waals surface area contributed by atoms with Crippen molar-refractivity contribution in [1.29, 1.82) is 0 Å². The Balaban J connectivity index is 1.65.